The third-order valence-corrected chi connectivity index (χ3v) is 6.73. The normalized spacial score (nSPS) is 21.5. The van der Waals surface area contributed by atoms with Crippen LogP contribution in [0.2, 0.25) is 0 Å². The van der Waals surface area contributed by atoms with E-state index in [0.29, 0.717) is 23.7 Å². The van der Waals surface area contributed by atoms with E-state index in [0.717, 1.165) is 16.8 Å². The van der Waals surface area contributed by atoms with Crippen molar-refractivity contribution in [3.63, 3.8) is 0 Å². The summed E-state index contributed by atoms with van der Waals surface area (Å²) in [7, 11) is 2.95. The highest BCUT2D eigenvalue weighted by molar-refractivity contribution is 5.60. The molecule has 186 valence electrons. The van der Waals surface area contributed by atoms with Crippen LogP contribution < -0.4 is 9.64 Å². The summed E-state index contributed by atoms with van der Waals surface area (Å²) in [5.41, 5.74) is 2.02. The number of aliphatic hydroxyl groups excluding tert-OH is 1. The Labute approximate surface area is 203 Å². The number of rotatable bonds is 8. The van der Waals surface area contributed by atoms with Crippen molar-refractivity contribution in [2.75, 3.05) is 19.1 Å². The Kier molecular flexibility index (Phi) is 6.79. The van der Waals surface area contributed by atoms with Gasteiger partial charge < -0.3 is 29.2 Å². The smallest absolute Gasteiger partial charge is 0.270 e. The van der Waals surface area contributed by atoms with E-state index in [9.17, 15) is 15.2 Å². The minimum atomic E-state index is -1.32. The number of fused-ring (bicyclic) bond motifs is 1. The van der Waals surface area contributed by atoms with E-state index in [-0.39, 0.29) is 5.69 Å². The molecule has 0 spiro atoms. The number of H-pyrrole nitrogens is 1. The fourth-order valence-corrected chi connectivity index (χ4v) is 4.77. The second-order valence-corrected chi connectivity index (χ2v) is 8.84. The summed E-state index contributed by atoms with van der Waals surface area (Å²) < 4.78 is 17.3. The SMILES string of the molecule is COC(OC)C1(C)Oc2ccc([N+](=O)[O-])cc2C(N(Cc2ncc[nH]2)c2cccc(C)c2C)C1O. The van der Waals surface area contributed by atoms with Crippen molar-refractivity contribution in [1.82, 2.24) is 9.97 Å². The highest BCUT2D eigenvalue weighted by Crippen LogP contribution is 2.48. The van der Waals surface area contributed by atoms with Crippen LogP contribution in [0.1, 0.15) is 35.5 Å². The van der Waals surface area contributed by atoms with Gasteiger partial charge in [-0.25, -0.2) is 4.98 Å². The molecule has 0 aliphatic carbocycles. The maximum Gasteiger partial charge on any atom is 0.270 e. The van der Waals surface area contributed by atoms with E-state index < -0.39 is 29.0 Å². The first-order valence-corrected chi connectivity index (χ1v) is 11.2. The summed E-state index contributed by atoms with van der Waals surface area (Å²) >= 11 is 0. The van der Waals surface area contributed by atoms with Crippen molar-refractivity contribution < 1.29 is 24.2 Å². The van der Waals surface area contributed by atoms with E-state index in [4.69, 9.17) is 14.2 Å². The van der Waals surface area contributed by atoms with Crippen molar-refractivity contribution in [1.29, 1.82) is 0 Å². The lowest BCUT2D eigenvalue weighted by Crippen LogP contribution is -2.62. The molecule has 1 aliphatic rings. The van der Waals surface area contributed by atoms with Crippen LogP contribution in [0.4, 0.5) is 11.4 Å². The molecule has 10 nitrogen and oxygen atoms in total. The number of nitrogens with one attached hydrogen (secondary N) is 1. The number of methoxy groups -OCH3 is 2. The van der Waals surface area contributed by atoms with Gasteiger partial charge >= 0.3 is 0 Å². The number of aliphatic hydroxyl groups is 1. The second kappa shape index (κ2) is 9.65. The molecule has 0 bridgehead atoms. The van der Waals surface area contributed by atoms with Crippen LogP contribution in [0, 0.1) is 24.0 Å². The van der Waals surface area contributed by atoms with Crippen molar-refractivity contribution >= 4 is 11.4 Å². The number of non-ortho nitro benzene ring substituents is 1. The van der Waals surface area contributed by atoms with E-state index in [1.54, 1.807) is 25.4 Å². The largest absolute Gasteiger partial charge is 0.479 e. The number of ether oxygens (including phenoxy) is 3. The molecular formula is C25H30N4O6. The van der Waals surface area contributed by atoms with Gasteiger partial charge in [0.15, 0.2) is 11.9 Å². The first kappa shape index (κ1) is 24.6. The molecule has 0 saturated carbocycles. The number of hydrogen-bond donors (Lipinski definition) is 2. The molecule has 0 amide bonds. The molecule has 2 aromatic carbocycles. The molecule has 3 unspecified atom stereocenters. The predicted molar refractivity (Wildman–Crippen MR) is 129 cm³/mol. The highest BCUT2D eigenvalue weighted by atomic mass is 16.7. The van der Waals surface area contributed by atoms with Crippen molar-refractivity contribution in [3.8, 4) is 5.75 Å². The first-order chi connectivity index (χ1) is 16.7. The third-order valence-electron chi connectivity index (χ3n) is 6.73. The number of benzene rings is 2. The molecule has 3 aromatic rings. The monoisotopic (exact) mass is 482 g/mol. The summed E-state index contributed by atoms with van der Waals surface area (Å²) in [4.78, 5) is 20.7. The van der Waals surface area contributed by atoms with Gasteiger partial charge in [0.05, 0.1) is 17.5 Å². The van der Waals surface area contributed by atoms with Gasteiger partial charge in [0.25, 0.3) is 5.69 Å². The van der Waals surface area contributed by atoms with Crippen molar-refractivity contribution in [2.45, 2.75) is 51.4 Å². The summed E-state index contributed by atoms with van der Waals surface area (Å²) in [6, 6.07) is 9.57. The van der Waals surface area contributed by atoms with Crippen molar-refractivity contribution in [2.24, 2.45) is 0 Å². The van der Waals surface area contributed by atoms with Gasteiger partial charge in [-0.05, 0) is 44.0 Å². The topological polar surface area (TPSA) is 123 Å². The van der Waals surface area contributed by atoms with Gasteiger partial charge in [0.2, 0.25) is 0 Å². The van der Waals surface area contributed by atoms with Gasteiger partial charge in [0.1, 0.15) is 17.7 Å². The number of nitro groups is 1. The van der Waals surface area contributed by atoms with E-state index in [2.05, 4.69) is 9.97 Å². The average Bonchev–Trinajstić information content (AvgIpc) is 3.34. The molecule has 2 N–H and O–H groups in total. The summed E-state index contributed by atoms with van der Waals surface area (Å²) in [6.07, 6.45) is 1.28. The molecule has 2 heterocycles. The van der Waals surface area contributed by atoms with Crippen LogP contribution in [0.25, 0.3) is 0 Å². The van der Waals surface area contributed by atoms with Crippen molar-refractivity contribution in [3.05, 3.63) is 81.4 Å². The lowest BCUT2D eigenvalue weighted by atomic mass is 9.83. The van der Waals surface area contributed by atoms with Gasteiger partial charge in [-0.15, -0.1) is 0 Å². The molecular weight excluding hydrogens is 452 g/mol. The molecule has 1 aromatic heterocycles. The zero-order valence-electron chi connectivity index (χ0n) is 20.4. The summed E-state index contributed by atoms with van der Waals surface area (Å²) in [5.74, 6) is 1.08. The Hall–Kier alpha value is -3.47. The molecule has 0 saturated heterocycles. The Bertz CT molecular complexity index is 1200. The number of hydrogen-bond acceptors (Lipinski definition) is 8. The Morgan fingerprint density at radius 1 is 1.29 bits per heavy atom. The minimum Gasteiger partial charge on any atom is -0.479 e. The van der Waals surface area contributed by atoms with Gasteiger partial charge in [-0.2, -0.15) is 0 Å². The van der Waals surface area contributed by atoms with E-state index in [1.807, 2.05) is 36.9 Å². The quantitative estimate of drug-likeness (QED) is 0.282. The average molecular weight is 483 g/mol. The maximum absolute atomic E-state index is 11.9. The van der Waals surface area contributed by atoms with Crippen LogP contribution >= 0.6 is 0 Å². The molecule has 1 aliphatic heterocycles. The third kappa shape index (κ3) is 4.36. The second-order valence-electron chi connectivity index (χ2n) is 8.84. The fourth-order valence-electron chi connectivity index (χ4n) is 4.77. The van der Waals surface area contributed by atoms with Crippen LogP contribution in [-0.2, 0) is 16.0 Å². The standard InChI is InChI=1S/C25H30N4O6/c1-15-7-6-8-19(16(15)2)28(14-21-26-11-12-27-21)22-18-13-17(29(31)32)9-10-20(18)35-25(3,23(22)30)24(33-4)34-5/h6-13,22-24,30H,14H2,1-5H3,(H,26,27). The Balaban J connectivity index is 1.96. The van der Waals surface area contributed by atoms with Crippen LogP contribution in [0.15, 0.2) is 48.8 Å². The molecule has 0 radical (unpaired) electrons. The molecule has 0 fully saturated rings. The number of aromatic amines is 1. The number of imidazole rings is 1. The van der Waals surface area contributed by atoms with Crippen LogP contribution in [0.5, 0.6) is 5.75 Å². The minimum absolute atomic E-state index is 0.0953. The molecule has 4 rings (SSSR count). The Morgan fingerprint density at radius 3 is 2.66 bits per heavy atom. The fraction of sp³-hybridized carbons (Fsp3) is 0.400. The number of aromatic nitrogens is 2. The summed E-state index contributed by atoms with van der Waals surface area (Å²) in [6.45, 7) is 6.04. The van der Waals surface area contributed by atoms with Gasteiger partial charge in [-0.1, -0.05) is 12.1 Å². The van der Waals surface area contributed by atoms with E-state index >= 15 is 0 Å². The lowest BCUT2D eigenvalue weighted by molar-refractivity contribution is -0.385. The molecule has 35 heavy (non-hydrogen) atoms. The number of anilines is 1. The maximum atomic E-state index is 11.9. The molecule has 3 atom stereocenters. The van der Waals surface area contributed by atoms with Crippen LogP contribution in [-0.4, -0.2) is 52.2 Å². The van der Waals surface area contributed by atoms with Gasteiger partial charge in [0, 0.05) is 50.0 Å². The lowest BCUT2D eigenvalue weighted by Gasteiger charge is -2.50. The number of nitrogens with zero attached hydrogens (tertiary/aromatic N) is 3. The Morgan fingerprint density at radius 2 is 2.03 bits per heavy atom. The molecule has 10 heteroatoms. The predicted octanol–water partition coefficient (Wildman–Crippen LogP) is 3.81. The highest BCUT2D eigenvalue weighted by Gasteiger charge is 2.54. The number of aryl methyl sites for hydroxylation is 1. The van der Waals surface area contributed by atoms with E-state index in [1.165, 1.54) is 26.4 Å². The zero-order valence-corrected chi connectivity index (χ0v) is 20.4. The number of nitro benzene ring substituents is 1. The zero-order chi connectivity index (χ0) is 25.3. The van der Waals surface area contributed by atoms with Gasteiger partial charge in [-0.3, -0.25) is 10.1 Å². The first-order valence-electron chi connectivity index (χ1n) is 11.2. The van der Waals surface area contributed by atoms with Crippen LogP contribution in [0.3, 0.4) is 0 Å². The summed E-state index contributed by atoms with van der Waals surface area (Å²) in [5, 5.41) is 23.5.